The van der Waals surface area contributed by atoms with Crippen molar-refractivity contribution in [1.29, 1.82) is 0 Å². The average molecular weight is 741 g/mol. The molecule has 0 N–H and O–H groups in total. The van der Waals surface area contributed by atoms with Crippen molar-refractivity contribution in [2.45, 2.75) is 0 Å². The normalized spacial score (nSPS) is 11.7. The topological polar surface area (TPSA) is 34.0 Å². The van der Waals surface area contributed by atoms with Crippen molar-refractivity contribution >= 4 is 72.6 Å². The Balaban J connectivity index is 0.893. The molecule has 0 atom stereocenters. The summed E-state index contributed by atoms with van der Waals surface area (Å²) in [6.07, 6.45) is 9.93. The van der Waals surface area contributed by atoms with Crippen LogP contribution in [0.2, 0.25) is 0 Å². The minimum absolute atomic E-state index is 0.907. The fourth-order valence-electron chi connectivity index (χ4n) is 8.41. The van der Waals surface area contributed by atoms with Gasteiger partial charge in [-0.05, 0) is 129 Å². The molecule has 3 aromatic heterocycles. The number of para-hydroxylation sites is 1. The number of nitrogens with zero attached hydrogens (tertiary/aromatic N) is 4. The number of hydrogen-bond donors (Lipinski definition) is 0. The number of hydrogen-bond acceptors (Lipinski definition) is 3. The second-order valence-corrected chi connectivity index (χ2v) is 14.8. The summed E-state index contributed by atoms with van der Waals surface area (Å²) in [5.41, 5.74) is 13.4. The summed E-state index contributed by atoms with van der Waals surface area (Å²) in [5, 5.41) is 7.51. The van der Waals surface area contributed by atoms with Gasteiger partial charge in [-0.2, -0.15) is 0 Å². The van der Waals surface area contributed by atoms with Gasteiger partial charge in [-0.3, -0.25) is 9.97 Å². The molecule has 58 heavy (non-hydrogen) atoms. The zero-order valence-electron chi connectivity index (χ0n) is 31.6. The van der Waals surface area contributed by atoms with Crippen LogP contribution in [0.15, 0.2) is 207 Å². The maximum Gasteiger partial charge on any atom is 0.0630 e. The summed E-state index contributed by atoms with van der Waals surface area (Å²) in [5.74, 6) is 0. The number of fused-ring (bicyclic) bond motifs is 1. The minimum atomic E-state index is 0.907. The zero-order valence-corrected chi connectivity index (χ0v) is 31.6. The first kappa shape index (κ1) is 33.5. The summed E-state index contributed by atoms with van der Waals surface area (Å²) in [6.45, 7) is 0. The first-order chi connectivity index (χ1) is 28.7. The number of benzene rings is 8. The average Bonchev–Trinajstić information content (AvgIpc) is 3.64. The Morgan fingerprint density at radius 2 is 1.12 bits per heavy atom. The van der Waals surface area contributed by atoms with E-state index in [9.17, 15) is 0 Å². The quantitative estimate of drug-likeness (QED) is 0.146. The van der Waals surface area contributed by atoms with Crippen LogP contribution in [0.5, 0.6) is 0 Å². The van der Waals surface area contributed by atoms with E-state index >= 15 is 0 Å². The van der Waals surface area contributed by atoms with Crippen molar-refractivity contribution in [3.8, 4) is 27.9 Å². The highest BCUT2D eigenvalue weighted by molar-refractivity contribution is 6.25. The molecule has 0 unspecified atom stereocenters. The van der Waals surface area contributed by atoms with Gasteiger partial charge in [0.1, 0.15) is 0 Å². The molecule has 0 saturated carbocycles. The molecule has 4 heteroatoms. The van der Waals surface area contributed by atoms with Gasteiger partial charge in [0.05, 0.1) is 16.7 Å². The van der Waals surface area contributed by atoms with E-state index in [4.69, 9.17) is 4.98 Å². The fraction of sp³-hybridized carbons (Fsp3) is 0. The van der Waals surface area contributed by atoms with E-state index in [1.54, 1.807) is 0 Å². The molecule has 0 radical (unpaired) electrons. The van der Waals surface area contributed by atoms with Crippen molar-refractivity contribution in [2.75, 3.05) is 4.90 Å². The summed E-state index contributed by atoms with van der Waals surface area (Å²) in [6, 6.07) is 67.3. The number of anilines is 3. The molecule has 3 heterocycles. The third kappa shape index (κ3) is 5.96. The Bertz CT molecular complexity index is 3240. The molecular weight excluding hydrogens is 705 g/mol. The van der Waals surface area contributed by atoms with Crippen LogP contribution in [-0.2, 0) is 0 Å². The first-order valence-electron chi connectivity index (χ1n) is 19.6. The molecule has 272 valence electrons. The lowest BCUT2D eigenvalue weighted by Crippen LogP contribution is -2.09. The molecule has 0 fully saturated rings. The van der Waals surface area contributed by atoms with Crippen LogP contribution in [0.3, 0.4) is 0 Å². The minimum Gasteiger partial charge on any atom is -0.310 e. The van der Waals surface area contributed by atoms with Gasteiger partial charge in [0.15, 0.2) is 0 Å². The number of rotatable bonds is 8. The number of aromatic nitrogens is 3. The van der Waals surface area contributed by atoms with Crippen molar-refractivity contribution in [2.24, 2.45) is 0 Å². The van der Waals surface area contributed by atoms with Gasteiger partial charge < -0.3 is 9.47 Å². The summed E-state index contributed by atoms with van der Waals surface area (Å²) < 4.78 is 2.40. The summed E-state index contributed by atoms with van der Waals surface area (Å²) in [7, 11) is 0. The van der Waals surface area contributed by atoms with Gasteiger partial charge >= 0.3 is 0 Å². The number of pyridine rings is 2. The third-order valence-corrected chi connectivity index (χ3v) is 11.2. The van der Waals surface area contributed by atoms with E-state index in [1.165, 1.54) is 43.4 Å². The monoisotopic (exact) mass is 740 g/mol. The van der Waals surface area contributed by atoms with E-state index in [2.05, 4.69) is 209 Å². The lowest BCUT2D eigenvalue weighted by Gasteiger charge is -2.26. The molecule has 4 nitrogen and oxygen atoms in total. The van der Waals surface area contributed by atoms with E-state index in [0.29, 0.717) is 0 Å². The van der Waals surface area contributed by atoms with E-state index in [0.717, 1.165) is 56.3 Å². The van der Waals surface area contributed by atoms with Crippen LogP contribution in [0.4, 0.5) is 17.1 Å². The predicted molar refractivity (Wildman–Crippen MR) is 243 cm³/mol. The van der Waals surface area contributed by atoms with E-state index in [-0.39, 0.29) is 0 Å². The Morgan fingerprint density at radius 3 is 1.93 bits per heavy atom. The molecule has 11 aromatic rings. The largest absolute Gasteiger partial charge is 0.310 e. The molecule has 0 spiro atoms. The molecule has 0 aliphatic rings. The van der Waals surface area contributed by atoms with Crippen molar-refractivity contribution < 1.29 is 0 Å². The SMILES string of the molecule is C(=Cc1ccc(-c2cc3ccc4cccc5c4c3c(c2)n5-c2ccc(-c3cccnc3)cc2)cn1)c1ccc(N(c2ccccc2)c2ccc3ccccc3c2)cc1. The molecule has 0 amide bonds. The molecule has 8 aromatic carbocycles. The van der Waals surface area contributed by atoms with Gasteiger partial charge in [0.25, 0.3) is 0 Å². The highest BCUT2D eigenvalue weighted by Gasteiger charge is 2.18. The Kier molecular flexibility index (Phi) is 8.11. The molecule has 0 aliphatic heterocycles. The van der Waals surface area contributed by atoms with Crippen LogP contribution in [0.1, 0.15) is 11.3 Å². The summed E-state index contributed by atoms with van der Waals surface area (Å²) >= 11 is 0. The van der Waals surface area contributed by atoms with Gasteiger partial charge in [-0.25, -0.2) is 0 Å². The standard InChI is InChI=1S/C54H36N4/c1-2-12-47(13-3-1)57(50-30-23-38-8-4-5-9-41(38)33-50)48-26-16-37(17-27-48)15-24-46-25-20-44(36-56-46)45-32-42-19-18-40-10-6-14-51-53(40)54(42)52(34-45)58(51)49-28-21-39(22-29-49)43-11-7-31-55-35-43/h1-36H. The summed E-state index contributed by atoms with van der Waals surface area (Å²) in [4.78, 5) is 11.5. The Labute approximate surface area is 336 Å². The molecule has 0 bridgehead atoms. The van der Waals surface area contributed by atoms with Crippen molar-refractivity contribution in [3.63, 3.8) is 0 Å². The lowest BCUT2D eigenvalue weighted by atomic mass is 9.98. The highest BCUT2D eigenvalue weighted by atomic mass is 15.1. The molecule has 11 rings (SSSR count). The van der Waals surface area contributed by atoms with E-state index < -0.39 is 0 Å². The maximum absolute atomic E-state index is 4.90. The second kappa shape index (κ2) is 14.0. The van der Waals surface area contributed by atoms with Crippen LogP contribution >= 0.6 is 0 Å². The van der Waals surface area contributed by atoms with Gasteiger partial charge in [0, 0.05) is 57.7 Å². The second-order valence-electron chi connectivity index (χ2n) is 14.8. The fourth-order valence-corrected chi connectivity index (χ4v) is 8.41. The lowest BCUT2D eigenvalue weighted by molar-refractivity contribution is 1.18. The zero-order chi connectivity index (χ0) is 38.4. The predicted octanol–water partition coefficient (Wildman–Crippen LogP) is 14.3. The first-order valence-corrected chi connectivity index (χ1v) is 19.6. The van der Waals surface area contributed by atoms with Gasteiger partial charge in [-0.15, -0.1) is 0 Å². The maximum atomic E-state index is 4.90. The smallest absolute Gasteiger partial charge is 0.0630 e. The van der Waals surface area contributed by atoms with Gasteiger partial charge in [-0.1, -0.05) is 115 Å². The molecule has 0 aliphatic carbocycles. The molecular formula is C54H36N4. The third-order valence-electron chi connectivity index (χ3n) is 11.2. The molecule has 0 saturated heterocycles. The van der Waals surface area contributed by atoms with Gasteiger partial charge in [0.2, 0.25) is 0 Å². The van der Waals surface area contributed by atoms with Crippen LogP contribution in [0, 0.1) is 0 Å². The van der Waals surface area contributed by atoms with E-state index in [1.807, 2.05) is 24.7 Å². The van der Waals surface area contributed by atoms with Crippen molar-refractivity contribution in [1.82, 2.24) is 14.5 Å². The van der Waals surface area contributed by atoms with Crippen LogP contribution in [0.25, 0.3) is 83.4 Å². The van der Waals surface area contributed by atoms with Crippen LogP contribution < -0.4 is 4.90 Å². The van der Waals surface area contributed by atoms with Crippen LogP contribution in [-0.4, -0.2) is 14.5 Å². The van der Waals surface area contributed by atoms with Crippen molar-refractivity contribution in [3.05, 3.63) is 218 Å². The highest BCUT2D eigenvalue weighted by Crippen LogP contribution is 2.41. The Morgan fingerprint density at radius 1 is 0.414 bits per heavy atom. The Hall–Kier alpha value is -7.82.